The third-order valence-corrected chi connectivity index (χ3v) is 5.53. The predicted octanol–water partition coefficient (Wildman–Crippen LogP) is 4.37. The van der Waals surface area contributed by atoms with E-state index in [-0.39, 0.29) is 10.7 Å². The first kappa shape index (κ1) is 20.7. The van der Waals surface area contributed by atoms with Gasteiger partial charge >= 0.3 is 0 Å². The fourth-order valence-corrected chi connectivity index (χ4v) is 3.94. The Bertz CT molecular complexity index is 1240. The van der Waals surface area contributed by atoms with Crippen LogP contribution in [0.3, 0.4) is 0 Å². The van der Waals surface area contributed by atoms with Crippen LogP contribution in [0.25, 0.3) is 11.8 Å². The number of carbonyl (C=O) groups is 2. The summed E-state index contributed by atoms with van der Waals surface area (Å²) in [5.74, 6) is -1.54. The molecule has 5 nitrogen and oxygen atoms in total. The summed E-state index contributed by atoms with van der Waals surface area (Å²) in [6.45, 7) is 5.93. The zero-order valence-electron chi connectivity index (χ0n) is 17.3. The molecule has 3 aromatic rings. The quantitative estimate of drug-likeness (QED) is 0.379. The molecule has 7 heteroatoms. The van der Waals surface area contributed by atoms with Crippen molar-refractivity contribution >= 4 is 40.9 Å². The van der Waals surface area contributed by atoms with Gasteiger partial charge < -0.3 is 4.57 Å². The second-order valence-corrected chi connectivity index (χ2v) is 7.82. The number of nitrogens with one attached hydrogen (secondary N) is 1. The first-order valence-electron chi connectivity index (χ1n) is 9.69. The largest absolute Gasteiger partial charge is 0.318 e. The molecule has 1 aromatic heterocycles. The molecule has 156 valence electrons. The Hall–Kier alpha value is -3.58. The molecule has 2 aromatic carbocycles. The van der Waals surface area contributed by atoms with Crippen LogP contribution < -0.4 is 10.2 Å². The molecular formula is C24H20FN3O2S. The van der Waals surface area contributed by atoms with Gasteiger partial charge in [0.15, 0.2) is 5.11 Å². The lowest BCUT2D eigenvalue weighted by Crippen LogP contribution is -2.54. The van der Waals surface area contributed by atoms with E-state index >= 15 is 0 Å². The van der Waals surface area contributed by atoms with Crippen molar-refractivity contribution in [2.45, 2.75) is 20.8 Å². The summed E-state index contributed by atoms with van der Waals surface area (Å²) >= 11 is 5.19. The van der Waals surface area contributed by atoms with Crippen LogP contribution in [0.4, 0.5) is 10.1 Å². The maximum Gasteiger partial charge on any atom is 0.270 e. The molecular weight excluding hydrogens is 413 g/mol. The van der Waals surface area contributed by atoms with E-state index in [1.807, 2.05) is 51.1 Å². The Morgan fingerprint density at radius 2 is 1.55 bits per heavy atom. The highest BCUT2D eigenvalue weighted by Crippen LogP contribution is 2.26. The number of anilines is 1. The van der Waals surface area contributed by atoms with Gasteiger partial charge in [-0.15, -0.1) is 0 Å². The normalized spacial score (nSPS) is 15.5. The van der Waals surface area contributed by atoms with Gasteiger partial charge in [0.2, 0.25) is 0 Å². The lowest BCUT2D eigenvalue weighted by molar-refractivity contribution is -0.122. The van der Waals surface area contributed by atoms with Crippen molar-refractivity contribution in [1.82, 2.24) is 9.88 Å². The average Bonchev–Trinajstić information content (AvgIpc) is 3.00. The molecule has 1 aliphatic rings. The summed E-state index contributed by atoms with van der Waals surface area (Å²) < 4.78 is 15.4. The Morgan fingerprint density at radius 3 is 2.19 bits per heavy atom. The van der Waals surface area contributed by atoms with Gasteiger partial charge in [-0.25, -0.2) is 4.39 Å². The van der Waals surface area contributed by atoms with Crippen LogP contribution in [-0.4, -0.2) is 21.5 Å². The van der Waals surface area contributed by atoms with Crippen LogP contribution in [-0.2, 0) is 9.59 Å². The zero-order valence-corrected chi connectivity index (χ0v) is 18.1. The molecule has 2 heterocycles. The minimum Gasteiger partial charge on any atom is -0.318 e. The third-order valence-electron chi connectivity index (χ3n) is 5.25. The first-order valence-corrected chi connectivity index (χ1v) is 10.1. The van der Waals surface area contributed by atoms with Crippen molar-refractivity contribution in [2.24, 2.45) is 0 Å². The number of rotatable bonds is 3. The summed E-state index contributed by atoms with van der Waals surface area (Å²) in [4.78, 5) is 26.9. The number of nitrogens with zero attached hydrogens (tertiary/aromatic N) is 2. The molecule has 4 rings (SSSR count). The second kappa shape index (κ2) is 7.92. The molecule has 0 atom stereocenters. The molecule has 1 aliphatic heterocycles. The topological polar surface area (TPSA) is 54.3 Å². The van der Waals surface area contributed by atoms with E-state index in [2.05, 4.69) is 9.88 Å². The van der Waals surface area contributed by atoms with Gasteiger partial charge in [0.25, 0.3) is 11.8 Å². The number of hydrogen-bond donors (Lipinski definition) is 1. The molecule has 0 bridgehead atoms. The van der Waals surface area contributed by atoms with Gasteiger partial charge in [-0.3, -0.25) is 19.8 Å². The van der Waals surface area contributed by atoms with Crippen molar-refractivity contribution in [3.63, 3.8) is 0 Å². The number of benzene rings is 2. The summed E-state index contributed by atoms with van der Waals surface area (Å²) in [6, 6.07) is 15.4. The summed E-state index contributed by atoms with van der Waals surface area (Å²) in [5, 5.41) is 2.51. The minimum atomic E-state index is -0.562. The number of carbonyl (C=O) groups excluding carboxylic acids is 2. The van der Waals surface area contributed by atoms with Crippen molar-refractivity contribution in [2.75, 3.05) is 4.90 Å². The smallest absolute Gasteiger partial charge is 0.270 e. The van der Waals surface area contributed by atoms with Crippen LogP contribution in [0.15, 0.2) is 60.2 Å². The van der Waals surface area contributed by atoms with Crippen molar-refractivity contribution in [3.8, 4) is 5.69 Å². The second-order valence-electron chi connectivity index (χ2n) is 7.43. The maximum atomic E-state index is 13.3. The van der Waals surface area contributed by atoms with E-state index in [9.17, 15) is 14.0 Å². The fraction of sp³-hybridized carbons (Fsp3) is 0.125. The monoisotopic (exact) mass is 433 g/mol. The highest BCUT2D eigenvalue weighted by atomic mass is 32.1. The van der Waals surface area contributed by atoms with Gasteiger partial charge in [-0.1, -0.05) is 17.7 Å². The van der Waals surface area contributed by atoms with Crippen molar-refractivity contribution < 1.29 is 14.0 Å². The van der Waals surface area contributed by atoms with E-state index in [0.717, 1.165) is 28.2 Å². The zero-order chi connectivity index (χ0) is 22.3. The standard InChI is InChI=1S/C24H20FN3O2S/c1-14-4-8-19(9-5-14)27-15(2)12-17(16(27)3)13-21-22(29)26-24(31)28(23(21)30)20-10-6-18(25)7-11-20/h4-13H,1-3H3,(H,26,29,31)/b21-13+. The van der Waals surface area contributed by atoms with Crippen molar-refractivity contribution in [1.29, 1.82) is 0 Å². The number of aryl methyl sites for hydroxylation is 2. The molecule has 0 radical (unpaired) electrons. The van der Waals surface area contributed by atoms with E-state index in [1.54, 1.807) is 6.08 Å². The summed E-state index contributed by atoms with van der Waals surface area (Å²) in [6.07, 6.45) is 1.57. The van der Waals surface area contributed by atoms with Gasteiger partial charge in [0.05, 0.1) is 5.69 Å². The molecule has 2 amide bonds. The lowest BCUT2D eigenvalue weighted by Gasteiger charge is -2.28. The van der Waals surface area contributed by atoms with Gasteiger partial charge in [0.1, 0.15) is 11.4 Å². The maximum absolute atomic E-state index is 13.3. The number of amides is 2. The van der Waals surface area contributed by atoms with Crippen LogP contribution in [0, 0.1) is 26.6 Å². The summed E-state index contributed by atoms with van der Waals surface area (Å²) in [5.41, 5.74) is 5.13. The number of aromatic nitrogens is 1. The van der Waals surface area contributed by atoms with Gasteiger partial charge in [-0.2, -0.15) is 0 Å². The van der Waals surface area contributed by atoms with E-state index in [4.69, 9.17) is 12.2 Å². The summed E-state index contributed by atoms with van der Waals surface area (Å²) in [7, 11) is 0. The Balaban J connectivity index is 1.75. The SMILES string of the molecule is Cc1ccc(-n2c(C)cc(/C=C3\C(=O)NC(=S)N(c4ccc(F)cc4)C3=O)c2C)cc1. The molecule has 0 aliphatic carbocycles. The molecule has 1 N–H and O–H groups in total. The molecule has 0 spiro atoms. The first-order chi connectivity index (χ1) is 14.8. The third kappa shape index (κ3) is 3.80. The van der Waals surface area contributed by atoms with Gasteiger partial charge in [-0.05, 0) is 87.1 Å². The molecule has 31 heavy (non-hydrogen) atoms. The van der Waals surface area contributed by atoms with Gasteiger partial charge in [0, 0.05) is 17.1 Å². The molecule has 0 saturated carbocycles. The molecule has 0 unspecified atom stereocenters. The van der Waals surface area contributed by atoms with Crippen LogP contribution in [0.2, 0.25) is 0 Å². The highest BCUT2D eigenvalue weighted by Gasteiger charge is 2.34. The lowest BCUT2D eigenvalue weighted by atomic mass is 10.1. The van der Waals surface area contributed by atoms with Crippen LogP contribution >= 0.6 is 12.2 Å². The number of thiocarbonyl (C=S) groups is 1. The Morgan fingerprint density at radius 1 is 0.935 bits per heavy atom. The molecule has 1 fully saturated rings. The van der Waals surface area contributed by atoms with E-state index < -0.39 is 17.6 Å². The minimum absolute atomic E-state index is 0.0381. The Labute approximate surface area is 184 Å². The average molecular weight is 434 g/mol. The Kier molecular flexibility index (Phi) is 5.29. The van der Waals surface area contributed by atoms with E-state index in [1.165, 1.54) is 29.2 Å². The highest BCUT2D eigenvalue weighted by molar-refractivity contribution is 7.80. The predicted molar refractivity (Wildman–Crippen MR) is 123 cm³/mol. The van der Waals surface area contributed by atoms with Crippen molar-refractivity contribution in [3.05, 3.63) is 88.5 Å². The van der Waals surface area contributed by atoms with Crippen LogP contribution in [0.5, 0.6) is 0 Å². The fourth-order valence-electron chi connectivity index (χ4n) is 3.66. The number of halogens is 1. The van der Waals surface area contributed by atoms with Crippen LogP contribution in [0.1, 0.15) is 22.5 Å². The number of hydrogen-bond acceptors (Lipinski definition) is 3. The van der Waals surface area contributed by atoms with E-state index in [0.29, 0.717) is 5.69 Å². The molecule has 1 saturated heterocycles.